The van der Waals surface area contributed by atoms with E-state index in [2.05, 4.69) is 4.84 Å². The second-order valence-corrected chi connectivity index (χ2v) is 2.35. The molecule has 0 bridgehead atoms. The number of aliphatic hydroxyl groups excluding tert-OH is 2. The molecule has 0 heterocycles. The van der Waals surface area contributed by atoms with Crippen LogP contribution in [0.25, 0.3) is 0 Å². The van der Waals surface area contributed by atoms with Gasteiger partial charge in [-0.1, -0.05) is 0 Å². The number of carbonyl (C=O) groups is 1. The minimum Gasteiger partial charge on any atom is -0.391 e. The summed E-state index contributed by atoms with van der Waals surface area (Å²) >= 11 is 0. The van der Waals surface area contributed by atoms with Gasteiger partial charge in [0.25, 0.3) is 0 Å². The first-order chi connectivity index (χ1) is 5.11. The second-order valence-electron chi connectivity index (χ2n) is 2.35. The number of aldehydes is 1. The van der Waals surface area contributed by atoms with E-state index in [4.69, 9.17) is 16.1 Å². The van der Waals surface area contributed by atoms with Gasteiger partial charge in [0.2, 0.25) is 0 Å². The van der Waals surface area contributed by atoms with Crippen LogP contribution < -0.4 is 5.90 Å². The minimum absolute atomic E-state index is 0.0116. The Labute approximate surface area is 64.7 Å². The number of aliphatic hydroxyl groups is 2. The molecular weight excluding hydrogens is 150 g/mol. The van der Waals surface area contributed by atoms with Crippen molar-refractivity contribution < 1.29 is 19.8 Å². The third kappa shape index (κ3) is 4.05. The van der Waals surface area contributed by atoms with Gasteiger partial charge < -0.3 is 15.0 Å². The first-order valence-electron chi connectivity index (χ1n) is 3.28. The SMILES string of the molecule is C[C@H](O)[C@H](O)C[C@H](C=O)ON. The molecule has 0 amide bonds. The molecule has 5 heteroatoms. The van der Waals surface area contributed by atoms with E-state index >= 15 is 0 Å². The molecule has 0 aromatic heterocycles. The fourth-order valence-corrected chi connectivity index (χ4v) is 0.578. The summed E-state index contributed by atoms with van der Waals surface area (Å²) in [5.41, 5.74) is 0. The van der Waals surface area contributed by atoms with Crippen LogP contribution in [0.3, 0.4) is 0 Å². The molecule has 66 valence electrons. The van der Waals surface area contributed by atoms with E-state index in [1.54, 1.807) is 0 Å². The Kier molecular flexibility index (Phi) is 4.97. The maximum atomic E-state index is 10.1. The highest BCUT2D eigenvalue weighted by molar-refractivity contribution is 5.55. The standard InChI is InChI=1S/C6H13NO4/c1-4(9)6(10)2-5(3-8)11-7/h3-6,9-10H,2,7H2,1H3/t4-,5+,6+/m0/s1. The number of nitrogens with two attached hydrogens (primary N) is 1. The average molecular weight is 163 g/mol. The average Bonchev–Trinajstić information content (AvgIpc) is 1.99. The topological polar surface area (TPSA) is 92.8 Å². The molecule has 3 atom stereocenters. The number of carbonyl (C=O) groups excluding carboxylic acids is 1. The zero-order valence-electron chi connectivity index (χ0n) is 6.30. The summed E-state index contributed by atoms with van der Waals surface area (Å²) in [7, 11) is 0. The van der Waals surface area contributed by atoms with E-state index in [9.17, 15) is 4.79 Å². The predicted molar refractivity (Wildman–Crippen MR) is 37.4 cm³/mol. The van der Waals surface area contributed by atoms with Crippen molar-refractivity contribution in [3.8, 4) is 0 Å². The quantitative estimate of drug-likeness (QED) is 0.341. The zero-order chi connectivity index (χ0) is 8.85. The summed E-state index contributed by atoms with van der Waals surface area (Å²) < 4.78 is 0. The zero-order valence-corrected chi connectivity index (χ0v) is 6.30. The van der Waals surface area contributed by atoms with Gasteiger partial charge in [-0.15, -0.1) is 0 Å². The summed E-state index contributed by atoms with van der Waals surface area (Å²) in [6.07, 6.45) is -2.22. The van der Waals surface area contributed by atoms with E-state index in [1.807, 2.05) is 0 Å². The lowest BCUT2D eigenvalue weighted by Gasteiger charge is -2.15. The van der Waals surface area contributed by atoms with Gasteiger partial charge >= 0.3 is 0 Å². The lowest BCUT2D eigenvalue weighted by Crippen LogP contribution is -2.31. The molecule has 0 rings (SSSR count). The normalized spacial score (nSPS) is 18.9. The Bertz CT molecular complexity index is 117. The molecule has 0 radical (unpaired) electrons. The molecule has 4 N–H and O–H groups in total. The van der Waals surface area contributed by atoms with Gasteiger partial charge in [0, 0.05) is 6.42 Å². The number of hydrogen-bond donors (Lipinski definition) is 3. The van der Waals surface area contributed by atoms with Gasteiger partial charge in [-0.25, -0.2) is 5.90 Å². The Morgan fingerprint density at radius 3 is 2.45 bits per heavy atom. The molecule has 0 saturated heterocycles. The van der Waals surface area contributed by atoms with Crippen LogP contribution in [0, 0.1) is 0 Å². The van der Waals surface area contributed by atoms with Crippen molar-refractivity contribution in [1.82, 2.24) is 0 Å². The lowest BCUT2D eigenvalue weighted by molar-refractivity contribution is -0.121. The lowest BCUT2D eigenvalue weighted by atomic mass is 10.1. The van der Waals surface area contributed by atoms with Crippen molar-refractivity contribution in [1.29, 1.82) is 0 Å². The summed E-state index contributed by atoms with van der Waals surface area (Å²) in [4.78, 5) is 14.3. The smallest absolute Gasteiger partial charge is 0.150 e. The second kappa shape index (κ2) is 5.20. The summed E-state index contributed by atoms with van der Waals surface area (Å²) in [5.74, 6) is 4.71. The third-order valence-electron chi connectivity index (χ3n) is 1.36. The summed E-state index contributed by atoms with van der Waals surface area (Å²) in [6, 6.07) is 0. The van der Waals surface area contributed by atoms with Crippen molar-refractivity contribution in [2.24, 2.45) is 5.90 Å². The van der Waals surface area contributed by atoms with E-state index in [-0.39, 0.29) is 6.42 Å². The molecule has 0 aromatic carbocycles. The van der Waals surface area contributed by atoms with Gasteiger partial charge in [0.1, 0.15) is 6.10 Å². The highest BCUT2D eigenvalue weighted by Crippen LogP contribution is 2.02. The number of rotatable bonds is 5. The van der Waals surface area contributed by atoms with Gasteiger partial charge in [-0.2, -0.15) is 0 Å². The van der Waals surface area contributed by atoms with Gasteiger partial charge in [-0.3, -0.25) is 4.84 Å². The van der Waals surface area contributed by atoms with Crippen molar-refractivity contribution >= 4 is 6.29 Å². The van der Waals surface area contributed by atoms with Crippen LogP contribution in [0.15, 0.2) is 0 Å². The molecule has 0 aliphatic carbocycles. The highest BCUT2D eigenvalue weighted by atomic mass is 16.6. The fraction of sp³-hybridized carbons (Fsp3) is 0.833. The van der Waals surface area contributed by atoms with Crippen molar-refractivity contribution in [3.05, 3.63) is 0 Å². The van der Waals surface area contributed by atoms with Gasteiger partial charge in [0.15, 0.2) is 6.29 Å². The molecule has 0 spiro atoms. The first kappa shape index (κ1) is 10.5. The molecule has 0 aliphatic heterocycles. The Morgan fingerprint density at radius 1 is 1.64 bits per heavy atom. The molecule has 0 saturated carbocycles. The monoisotopic (exact) mass is 163 g/mol. The molecule has 0 aliphatic rings. The van der Waals surface area contributed by atoms with Gasteiger partial charge in [-0.05, 0) is 6.92 Å². The van der Waals surface area contributed by atoms with Crippen molar-refractivity contribution in [2.75, 3.05) is 0 Å². The first-order valence-corrected chi connectivity index (χ1v) is 3.28. The van der Waals surface area contributed by atoms with Crippen molar-refractivity contribution in [3.63, 3.8) is 0 Å². The Hall–Kier alpha value is -0.490. The van der Waals surface area contributed by atoms with E-state index < -0.39 is 18.3 Å². The third-order valence-corrected chi connectivity index (χ3v) is 1.36. The molecule has 0 unspecified atom stereocenters. The van der Waals surface area contributed by atoms with E-state index in [0.717, 1.165) is 0 Å². The molecule has 5 nitrogen and oxygen atoms in total. The summed E-state index contributed by atoms with van der Waals surface area (Å²) in [6.45, 7) is 1.42. The largest absolute Gasteiger partial charge is 0.391 e. The van der Waals surface area contributed by atoms with Gasteiger partial charge in [0.05, 0.1) is 12.2 Å². The maximum absolute atomic E-state index is 10.1. The van der Waals surface area contributed by atoms with Crippen LogP contribution >= 0.6 is 0 Å². The fourth-order valence-electron chi connectivity index (χ4n) is 0.578. The van der Waals surface area contributed by atoms with Crippen LogP contribution in [0.5, 0.6) is 0 Å². The summed E-state index contributed by atoms with van der Waals surface area (Å²) in [5, 5.41) is 17.8. The van der Waals surface area contributed by atoms with Crippen LogP contribution in [-0.4, -0.2) is 34.8 Å². The van der Waals surface area contributed by atoms with Crippen LogP contribution in [-0.2, 0) is 9.63 Å². The molecular formula is C6H13NO4. The van der Waals surface area contributed by atoms with Crippen LogP contribution in [0.4, 0.5) is 0 Å². The molecule has 0 fully saturated rings. The molecule has 0 aromatic rings. The van der Waals surface area contributed by atoms with Crippen LogP contribution in [0.1, 0.15) is 13.3 Å². The molecule has 11 heavy (non-hydrogen) atoms. The van der Waals surface area contributed by atoms with E-state index in [0.29, 0.717) is 6.29 Å². The van der Waals surface area contributed by atoms with Crippen molar-refractivity contribution in [2.45, 2.75) is 31.7 Å². The number of hydrogen-bond acceptors (Lipinski definition) is 5. The Morgan fingerprint density at radius 2 is 2.18 bits per heavy atom. The predicted octanol–water partition coefficient (Wildman–Crippen LogP) is -1.42. The van der Waals surface area contributed by atoms with Crippen LogP contribution in [0.2, 0.25) is 0 Å². The van der Waals surface area contributed by atoms with E-state index in [1.165, 1.54) is 6.92 Å². The highest BCUT2D eigenvalue weighted by Gasteiger charge is 2.17. The Balaban J connectivity index is 3.71. The maximum Gasteiger partial charge on any atom is 0.150 e. The minimum atomic E-state index is -0.978.